The summed E-state index contributed by atoms with van der Waals surface area (Å²) >= 11 is 1.48. The van der Waals surface area contributed by atoms with Crippen LogP contribution in [0.4, 0.5) is 0 Å². The molecule has 0 aromatic heterocycles. The summed E-state index contributed by atoms with van der Waals surface area (Å²) in [4.78, 5) is 11.4. The summed E-state index contributed by atoms with van der Waals surface area (Å²) in [5.74, 6) is 0.928. The van der Waals surface area contributed by atoms with E-state index in [1.807, 2.05) is 0 Å². The Hall–Kier alpha value is 0.0200. The number of thioether (sulfide) groups is 1. The molecule has 0 saturated carbocycles. The maximum absolute atomic E-state index is 11.4. The second-order valence-electron chi connectivity index (χ2n) is 7.57. The molecule has 0 spiro atoms. The molecular formula is C23H46OS. The van der Waals surface area contributed by atoms with Crippen LogP contribution in [0, 0.1) is 0 Å². The fraction of sp³-hybridized carbons (Fsp3) is 0.957. The third kappa shape index (κ3) is 22.0. The summed E-state index contributed by atoms with van der Waals surface area (Å²) in [6.45, 7) is 4.34. The van der Waals surface area contributed by atoms with Gasteiger partial charge in [-0.1, -0.05) is 135 Å². The van der Waals surface area contributed by atoms with Crippen LogP contribution in [0.1, 0.15) is 136 Å². The Morgan fingerprint density at radius 3 is 1.16 bits per heavy atom. The van der Waals surface area contributed by atoms with Crippen molar-refractivity contribution < 1.29 is 4.79 Å². The Morgan fingerprint density at radius 1 is 0.520 bits per heavy atom. The lowest BCUT2D eigenvalue weighted by molar-refractivity contribution is -0.111. The van der Waals surface area contributed by atoms with Crippen molar-refractivity contribution in [3.8, 4) is 0 Å². The summed E-state index contributed by atoms with van der Waals surface area (Å²) in [7, 11) is 0. The zero-order chi connectivity index (χ0) is 18.4. The van der Waals surface area contributed by atoms with Gasteiger partial charge in [-0.05, 0) is 12.2 Å². The Balaban J connectivity index is 3.02. The van der Waals surface area contributed by atoms with Crippen LogP contribution >= 0.6 is 11.8 Å². The van der Waals surface area contributed by atoms with Crippen LogP contribution < -0.4 is 0 Å². The van der Waals surface area contributed by atoms with E-state index in [0.717, 1.165) is 18.6 Å². The largest absolute Gasteiger partial charge is 0.287 e. The molecule has 0 bridgehead atoms. The van der Waals surface area contributed by atoms with Crippen LogP contribution in [0.5, 0.6) is 0 Å². The molecule has 0 aliphatic carbocycles. The topological polar surface area (TPSA) is 17.1 Å². The molecule has 0 atom stereocenters. The molecule has 0 aliphatic rings. The number of hydrogen-bond donors (Lipinski definition) is 0. The molecule has 2 heteroatoms. The number of hydrogen-bond acceptors (Lipinski definition) is 2. The van der Waals surface area contributed by atoms with Crippen molar-refractivity contribution >= 4 is 16.9 Å². The summed E-state index contributed by atoms with van der Waals surface area (Å²) in [6, 6.07) is 0. The SMILES string of the molecule is CCCCCCCCCCCCCCCCCCCCC(=O)SCC. The lowest BCUT2D eigenvalue weighted by Gasteiger charge is -2.04. The fourth-order valence-electron chi connectivity index (χ4n) is 3.40. The smallest absolute Gasteiger partial charge is 0.188 e. The van der Waals surface area contributed by atoms with Crippen molar-refractivity contribution in [3.63, 3.8) is 0 Å². The lowest BCUT2D eigenvalue weighted by Crippen LogP contribution is -1.92. The van der Waals surface area contributed by atoms with Gasteiger partial charge in [-0.2, -0.15) is 0 Å². The predicted molar refractivity (Wildman–Crippen MR) is 117 cm³/mol. The molecule has 1 nitrogen and oxygen atoms in total. The second kappa shape index (κ2) is 22.1. The molecule has 0 N–H and O–H groups in total. The highest BCUT2D eigenvalue weighted by atomic mass is 32.2. The predicted octanol–water partition coefficient (Wildman–Crippen LogP) is 8.70. The van der Waals surface area contributed by atoms with Crippen LogP contribution in [0.15, 0.2) is 0 Å². The van der Waals surface area contributed by atoms with E-state index in [1.165, 1.54) is 121 Å². The molecule has 0 amide bonds. The first-order valence-corrected chi connectivity index (χ1v) is 12.5. The minimum atomic E-state index is 0.388. The summed E-state index contributed by atoms with van der Waals surface area (Å²) in [5.41, 5.74) is 0. The van der Waals surface area contributed by atoms with Gasteiger partial charge in [-0.15, -0.1) is 0 Å². The summed E-state index contributed by atoms with van der Waals surface area (Å²) < 4.78 is 0. The molecule has 0 aliphatic heterocycles. The molecule has 0 rings (SSSR count). The average Bonchev–Trinajstić information content (AvgIpc) is 2.61. The van der Waals surface area contributed by atoms with Crippen molar-refractivity contribution in [2.24, 2.45) is 0 Å². The Morgan fingerprint density at radius 2 is 0.840 bits per heavy atom. The van der Waals surface area contributed by atoms with Crippen LogP contribution in [-0.2, 0) is 4.79 Å². The first-order chi connectivity index (χ1) is 12.3. The second-order valence-corrected chi connectivity index (χ2v) is 8.89. The van der Waals surface area contributed by atoms with Crippen LogP contribution in [-0.4, -0.2) is 10.9 Å². The molecular weight excluding hydrogens is 324 g/mol. The first kappa shape index (κ1) is 25.0. The van der Waals surface area contributed by atoms with Crippen LogP contribution in [0.25, 0.3) is 0 Å². The van der Waals surface area contributed by atoms with Crippen molar-refractivity contribution in [2.45, 2.75) is 136 Å². The molecule has 150 valence electrons. The van der Waals surface area contributed by atoms with Gasteiger partial charge in [-0.25, -0.2) is 0 Å². The Labute approximate surface area is 163 Å². The number of rotatable bonds is 20. The molecule has 25 heavy (non-hydrogen) atoms. The highest BCUT2D eigenvalue weighted by Crippen LogP contribution is 2.15. The highest BCUT2D eigenvalue weighted by Gasteiger charge is 2.00. The van der Waals surface area contributed by atoms with Gasteiger partial charge in [0.15, 0.2) is 5.12 Å². The van der Waals surface area contributed by atoms with E-state index in [4.69, 9.17) is 0 Å². The van der Waals surface area contributed by atoms with E-state index < -0.39 is 0 Å². The minimum absolute atomic E-state index is 0.388. The normalized spacial score (nSPS) is 11.1. The average molecular weight is 371 g/mol. The minimum Gasteiger partial charge on any atom is -0.287 e. The van der Waals surface area contributed by atoms with Crippen molar-refractivity contribution in [3.05, 3.63) is 0 Å². The molecule has 0 aromatic rings. The van der Waals surface area contributed by atoms with E-state index >= 15 is 0 Å². The van der Waals surface area contributed by atoms with Gasteiger partial charge < -0.3 is 0 Å². The van der Waals surface area contributed by atoms with Gasteiger partial charge in [0.25, 0.3) is 0 Å². The maximum Gasteiger partial charge on any atom is 0.188 e. The molecule has 0 saturated heterocycles. The molecule has 0 heterocycles. The quantitative estimate of drug-likeness (QED) is 0.199. The monoisotopic (exact) mass is 370 g/mol. The van der Waals surface area contributed by atoms with Gasteiger partial charge >= 0.3 is 0 Å². The molecule has 0 unspecified atom stereocenters. The fourth-order valence-corrected chi connectivity index (χ4v) is 4.01. The standard InChI is InChI=1S/C23H46OS/c1-3-5-6-7-8-9-10-11-12-13-14-15-16-17-18-19-20-21-22-23(24)25-4-2/h3-22H2,1-2H3. The third-order valence-electron chi connectivity index (χ3n) is 5.04. The zero-order valence-corrected chi connectivity index (χ0v) is 18.3. The van der Waals surface area contributed by atoms with E-state index in [-0.39, 0.29) is 0 Å². The van der Waals surface area contributed by atoms with Gasteiger partial charge in [0, 0.05) is 6.42 Å². The van der Waals surface area contributed by atoms with E-state index in [9.17, 15) is 4.79 Å². The van der Waals surface area contributed by atoms with Crippen molar-refractivity contribution in [1.82, 2.24) is 0 Å². The van der Waals surface area contributed by atoms with E-state index in [1.54, 1.807) is 0 Å². The first-order valence-electron chi connectivity index (χ1n) is 11.5. The van der Waals surface area contributed by atoms with Crippen molar-refractivity contribution in [2.75, 3.05) is 5.75 Å². The highest BCUT2D eigenvalue weighted by molar-refractivity contribution is 8.13. The van der Waals surface area contributed by atoms with E-state index in [2.05, 4.69) is 13.8 Å². The third-order valence-corrected chi connectivity index (χ3v) is 5.85. The van der Waals surface area contributed by atoms with Gasteiger partial charge in [0.05, 0.1) is 0 Å². The van der Waals surface area contributed by atoms with Crippen molar-refractivity contribution in [1.29, 1.82) is 0 Å². The van der Waals surface area contributed by atoms with Gasteiger partial charge in [-0.3, -0.25) is 4.79 Å². The lowest BCUT2D eigenvalue weighted by atomic mass is 10.0. The zero-order valence-electron chi connectivity index (χ0n) is 17.5. The number of carbonyl (C=O) groups is 1. The van der Waals surface area contributed by atoms with Gasteiger partial charge in [0.1, 0.15) is 0 Å². The van der Waals surface area contributed by atoms with Crippen LogP contribution in [0.2, 0.25) is 0 Å². The molecule has 0 fully saturated rings. The van der Waals surface area contributed by atoms with Gasteiger partial charge in [0.2, 0.25) is 0 Å². The molecule has 0 aromatic carbocycles. The Bertz CT molecular complexity index is 265. The maximum atomic E-state index is 11.4. The Kier molecular flexibility index (Phi) is 22.1. The van der Waals surface area contributed by atoms with Crippen LogP contribution in [0.3, 0.4) is 0 Å². The van der Waals surface area contributed by atoms with E-state index in [0.29, 0.717) is 5.12 Å². The number of carbonyl (C=O) groups excluding carboxylic acids is 1. The molecule has 0 radical (unpaired) electrons. The summed E-state index contributed by atoms with van der Waals surface area (Å²) in [5, 5.41) is 0.388. The summed E-state index contributed by atoms with van der Waals surface area (Å²) in [6.07, 6.45) is 26.0. The number of unbranched alkanes of at least 4 members (excludes halogenated alkanes) is 17.